The van der Waals surface area contributed by atoms with E-state index in [9.17, 15) is 13.2 Å². The third kappa shape index (κ3) is 4.36. The van der Waals surface area contributed by atoms with Crippen LogP contribution in [0.5, 0.6) is 0 Å². The van der Waals surface area contributed by atoms with E-state index in [1.165, 1.54) is 0 Å². The summed E-state index contributed by atoms with van der Waals surface area (Å²) in [5.74, 6) is 0. The molecule has 5 heteroatoms. The van der Waals surface area contributed by atoms with E-state index in [2.05, 4.69) is 5.32 Å². The van der Waals surface area contributed by atoms with Crippen molar-refractivity contribution < 1.29 is 18.3 Å². The molecule has 1 rings (SSSR count). The smallest absolute Gasteiger partial charge is 0.382 e. The summed E-state index contributed by atoms with van der Waals surface area (Å²) in [4.78, 5) is 0. The van der Waals surface area contributed by atoms with Crippen LogP contribution in [0.25, 0.3) is 0 Å². The molecule has 0 saturated heterocycles. The lowest BCUT2D eigenvalue weighted by molar-refractivity contribution is -0.202. The Morgan fingerprint density at radius 2 is 1.76 bits per heavy atom. The number of halogens is 3. The number of rotatable bonds is 4. The first kappa shape index (κ1) is 14.0. The van der Waals surface area contributed by atoms with E-state index in [0.717, 1.165) is 11.1 Å². The minimum absolute atomic E-state index is 0.229. The highest BCUT2D eigenvalue weighted by Gasteiger charge is 2.37. The van der Waals surface area contributed by atoms with Crippen LogP contribution in [0.2, 0.25) is 0 Å². The minimum Gasteiger partial charge on any atom is -0.382 e. The molecule has 0 bridgehead atoms. The van der Waals surface area contributed by atoms with E-state index in [0.29, 0.717) is 0 Å². The van der Waals surface area contributed by atoms with E-state index in [4.69, 9.17) is 5.11 Å². The van der Waals surface area contributed by atoms with Crippen molar-refractivity contribution in [2.24, 2.45) is 0 Å². The topological polar surface area (TPSA) is 32.3 Å². The van der Waals surface area contributed by atoms with Gasteiger partial charge in [-0.1, -0.05) is 29.8 Å². The summed E-state index contributed by atoms with van der Waals surface area (Å²) in [6.07, 6.45) is -6.89. The van der Waals surface area contributed by atoms with Crippen molar-refractivity contribution in [1.29, 1.82) is 0 Å². The van der Waals surface area contributed by atoms with E-state index < -0.39 is 18.8 Å². The molecule has 0 aliphatic rings. The molecule has 1 aromatic rings. The highest BCUT2D eigenvalue weighted by Crippen LogP contribution is 2.20. The Kier molecular flexibility index (Phi) is 4.54. The van der Waals surface area contributed by atoms with Crippen molar-refractivity contribution in [3.63, 3.8) is 0 Å². The lowest BCUT2D eigenvalue weighted by Crippen LogP contribution is -2.39. The fourth-order valence-electron chi connectivity index (χ4n) is 1.38. The van der Waals surface area contributed by atoms with Crippen molar-refractivity contribution in [2.45, 2.75) is 32.2 Å². The predicted molar refractivity (Wildman–Crippen MR) is 59.7 cm³/mol. The van der Waals surface area contributed by atoms with Crippen LogP contribution in [0.15, 0.2) is 24.3 Å². The van der Waals surface area contributed by atoms with Crippen molar-refractivity contribution in [3.05, 3.63) is 35.4 Å². The Labute approximate surface area is 98.5 Å². The predicted octanol–water partition coefficient (Wildman–Crippen LogP) is 2.57. The molecule has 0 aliphatic heterocycles. The Hall–Kier alpha value is -1.07. The van der Waals surface area contributed by atoms with Gasteiger partial charge in [0.15, 0.2) is 6.10 Å². The summed E-state index contributed by atoms with van der Waals surface area (Å²) in [5, 5.41) is 11.5. The molecule has 2 N–H and O–H groups in total. The Bertz CT molecular complexity index is 348. The summed E-state index contributed by atoms with van der Waals surface area (Å²) in [6.45, 7) is 3.20. The van der Waals surface area contributed by atoms with Gasteiger partial charge in [-0.25, -0.2) is 0 Å². The summed E-state index contributed by atoms with van der Waals surface area (Å²) in [6, 6.07) is 7.27. The van der Waals surface area contributed by atoms with Gasteiger partial charge in [0.25, 0.3) is 0 Å². The molecule has 2 atom stereocenters. The lowest BCUT2D eigenvalue weighted by Gasteiger charge is -2.19. The summed E-state index contributed by atoms with van der Waals surface area (Å²) < 4.78 is 36.2. The van der Waals surface area contributed by atoms with Crippen LogP contribution in [0.1, 0.15) is 24.1 Å². The first-order valence-electron chi connectivity index (χ1n) is 5.35. The summed E-state index contributed by atoms with van der Waals surface area (Å²) in [7, 11) is 0. The van der Waals surface area contributed by atoms with Gasteiger partial charge in [0, 0.05) is 12.6 Å². The number of benzene rings is 1. The highest BCUT2D eigenvalue weighted by atomic mass is 19.4. The Balaban J connectivity index is 2.50. The van der Waals surface area contributed by atoms with Crippen LogP contribution in [0.3, 0.4) is 0 Å². The monoisotopic (exact) mass is 247 g/mol. The summed E-state index contributed by atoms with van der Waals surface area (Å²) in [5.41, 5.74) is 1.99. The van der Waals surface area contributed by atoms with Crippen LogP contribution in [0, 0.1) is 6.92 Å². The quantitative estimate of drug-likeness (QED) is 0.857. The first-order valence-corrected chi connectivity index (χ1v) is 5.35. The van der Waals surface area contributed by atoms with Gasteiger partial charge >= 0.3 is 6.18 Å². The highest BCUT2D eigenvalue weighted by molar-refractivity contribution is 5.23. The van der Waals surface area contributed by atoms with Crippen LogP contribution in [-0.2, 0) is 0 Å². The van der Waals surface area contributed by atoms with Gasteiger partial charge in [-0.2, -0.15) is 13.2 Å². The zero-order valence-electron chi connectivity index (χ0n) is 9.75. The molecule has 1 aromatic carbocycles. The number of hydrogen-bond donors (Lipinski definition) is 2. The fourth-order valence-corrected chi connectivity index (χ4v) is 1.38. The van der Waals surface area contributed by atoms with Gasteiger partial charge in [-0.3, -0.25) is 0 Å². The number of alkyl halides is 3. The minimum atomic E-state index is -4.57. The second-order valence-corrected chi connectivity index (χ2v) is 4.10. The molecule has 0 radical (unpaired) electrons. The molecule has 0 saturated carbocycles. The summed E-state index contributed by atoms with van der Waals surface area (Å²) >= 11 is 0. The second kappa shape index (κ2) is 5.51. The van der Waals surface area contributed by atoms with E-state index in [1.807, 2.05) is 31.2 Å². The largest absolute Gasteiger partial charge is 0.415 e. The number of aryl methyl sites for hydroxylation is 1. The fraction of sp³-hybridized carbons (Fsp3) is 0.500. The zero-order valence-corrected chi connectivity index (χ0v) is 9.75. The van der Waals surface area contributed by atoms with Gasteiger partial charge in [0.05, 0.1) is 0 Å². The lowest BCUT2D eigenvalue weighted by atomic mass is 10.1. The zero-order chi connectivity index (χ0) is 13.1. The van der Waals surface area contributed by atoms with Gasteiger partial charge in [-0.15, -0.1) is 0 Å². The molecular weight excluding hydrogens is 231 g/mol. The average molecular weight is 247 g/mol. The van der Waals surface area contributed by atoms with E-state index >= 15 is 0 Å². The van der Waals surface area contributed by atoms with Crippen LogP contribution >= 0.6 is 0 Å². The molecule has 17 heavy (non-hydrogen) atoms. The second-order valence-electron chi connectivity index (χ2n) is 4.10. The van der Waals surface area contributed by atoms with Gasteiger partial charge < -0.3 is 10.4 Å². The van der Waals surface area contributed by atoms with Crippen molar-refractivity contribution in [1.82, 2.24) is 5.32 Å². The maximum absolute atomic E-state index is 12.1. The van der Waals surface area contributed by atoms with Crippen LogP contribution < -0.4 is 5.32 Å². The number of nitrogens with one attached hydrogen (secondary N) is 1. The average Bonchev–Trinajstić information content (AvgIpc) is 2.25. The SMILES string of the molecule is Cc1ccc([C@H](C)NCC(O)C(F)(F)F)cc1. The Morgan fingerprint density at radius 3 is 2.24 bits per heavy atom. The molecule has 0 fully saturated rings. The molecule has 2 nitrogen and oxygen atoms in total. The van der Waals surface area contributed by atoms with Crippen LogP contribution in [-0.4, -0.2) is 23.9 Å². The van der Waals surface area contributed by atoms with Gasteiger partial charge in [-0.05, 0) is 19.4 Å². The molecule has 0 aliphatic carbocycles. The third-order valence-electron chi connectivity index (χ3n) is 2.57. The molecule has 0 spiro atoms. The first-order chi connectivity index (χ1) is 7.80. The van der Waals surface area contributed by atoms with Gasteiger partial charge in [0.2, 0.25) is 0 Å². The van der Waals surface area contributed by atoms with Crippen molar-refractivity contribution >= 4 is 0 Å². The normalized spacial score (nSPS) is 15.6. The van der Waals surface area contributed by atoms with Crippen molar-refractivity contribution in [3.8, 4) is 0 Å². The molecule has 1 unspecified atom stereocenters. The Morgan fingerprint density at radius 1 is 1.24 bits per heavy atom. The molecule has 96 valence electrons. The number of aliphatic hydroxyl groups excluding tert-OH is 1. The maximum atomic E-state index is 12.1. The number of hydrogen-bond acceptors (Lipinski definition) is 2. The third-order valence-corrected chi connectivity index (χ3v) is 2.57. The van der Waals surface area contributed by atoms with Crippen molar-refractivity contribution in [2.75, 3.05) is 6.54 Å². The van der Waals surface area contributed by atoms with E-state index in [1.54, 1.807) is 6.92 Å². The van der Waals surface area contributed by atoms with E-state index in [-0.39, 0.29) is 6.04 Å². The molecule has 0 aromatic heterocycles. The molecule has 0 heterocycles. The van der Waals surface area contributed by atoms with Crippen LogP contribution in [0.4, 0.5) is 13.2 Å². The maximum Gasteiger partial charge on any atom is 0.415 e. The standard InChI is InChI=1S/C12H16F3NO/c1-8-3-5-10(6-4-8)9(2)16-7-11(17)12(13,14)15/h3-6,9,11,16-17H,7H2,1-2H3/t9-,11?/m0/s1. The molecule has 0 amide bonds. The number of aliphatic hydroxyl groups is 1. The molecular formula is C12H16F3NO. The van der Waals surface area contributed by atoms with Gasteiger partial charge in [0.1, 0.15) is 0 Å².